The van der Waals surface area contributed by atoms with E-state index in [-0.39, 0.29) is 12.1 Å². The number of rotatable bonds is 5. The van der Waals surface area contributed by atoms with Crippen LogP contribution in [-0.2, 0) is 6.54 Å². The maximum Gasteiger partial charge on any atom is 0.267 e. The van der Waals surface area contributed by atoms with E-state index in [4.69, 9.17) is 14.2 Å². The van der Waals surface area contributed by atoms with Crippen LogP contribution in [0.3, 0.4) is 0 Å². The Morgan fingerprint density at radius 3 is 2.78 bits per heavy atom. The maximum absolute atomic E-state index is 12.5. The molecule has 2 aromatic carbocycles. The van der Waals surface area contributed by atoms with Crippen LogP contribution in [0.5, 0.6) is 17.2 Å². The highest BCUT2D eigenvalue weighted by Crippen LogP contribution is 2.33. The van der Waals surface area contributed by atoms with E-state index < -0.39 is 0 Å². The van der Waals surface area contributed by atoms with Crippen LogP contribution in [0.15, 0.2) is 64.8 Å². The third kappa shape index (κ3) is 4.22. The molecule has 0 aliphatic carbocycles. The number of methoxy groups -OCH3 is 1. The van der Waals surface area contributed by atoms with Gasteiger partial charge in [-0.2, -0.15) is 5.10 Å². The normalized spacial score (nSPS) is 12.9. The van der Waals surface area contributed by atoms with E-state index in [9.17, 15) is 4.79 Å². The zero-order valence-corrected chi connectivity index (χ0v) is 18.3. The summed E-state index contributed by atoms with van der Waals surface area (Å²) in [6.07, 6.45) is 0.846. The number of benzene rings is 2. The van der Waals surface area contributed by atoms with Gasteiger partial charge in [-0.3, -0.25) is 4.79 Å². The Bertz CT molecular complexity index is 1310. The number of hydrogen-bond acceptors (Lipinski definition) is 7. The largest absolute Gasteiger partial charge is 0.497 e. The Morgan fingerprint density at radius 1 is 1.03 bits per heavy atom. The van der Waals surface area contributed by atoms with Crippen LogP contribution >= 0.6 is 11.3 Å². The lowest BCUT2D eigenvalue weighted by atomic mass is 10.1. The molecule has 32 heavy (non-hydrogen) atoms. The van der Waals surface area contributed by atoms with Crippen LogP contribution in [0.25, 0.3) is 21.8 Å². The molecule has 162 valence electrons. The molecule has 4 aromatic rings. The summed E-state index contributed by atoms with van der Waals surface area (Å²) >= 11 is 1.52. The molecular formula is C24H21N3O4S. The minimum absolute atomic E-state index is 0.181. The van der Waals surface area contributed by atoms with Gasteiger partial charge in [-0.25, -0.2) is 9.67 Å². The zero-order chi connectivity index (χ0) is 21.9. The van der Waals surface area contributed by atoms with E-state index in [0.717, 1.165) is 39.7 Å². The van der Waals surface area contributed by atoms with Crippen LogP contribution in [-0.4, -0.2) is 35.1 Å². The van der Waals surface area contributed by atoms with Crippen molar-refractivity contribution in [1.82, 2.24) is 14.8 Å². The topological polar surface area (TPSA) is 75.5 Å². The molecule has 1 aliphatic rings. The molecular weight excluding hydrogens is 426 g/mol. The van der Waals surface area contributed by atoms with Crippen molar-refractivity contribution in [3.05, 3.63) is 76.0 Å². The van der Waals surface area contributed by atoms with Crippen molar-refractivity contribution < 1.29 is 14.2 Å². The molecule has 0 fully saturated rings. The summed E-state index contributed by atoms with van der Waals surface area (Å²) in [5, 5.41) is 7.39. The molecule has 0 radical (unpaired) electrons. The minimum atomic E-state index is -0.181. The molecule has 0 unspecified atom stereocenters. The Morgan fingerprint density at radius 2 is 1.91 bits per heavy atom. The summed E-state index contributed by atoms with van der Waals surface area (Å²) in [4.78, 5) is 17.1. The highest BCUT2D eigenvalue weighted by atomic mass is 32.1. The van der Waals surface area contributed by atoms with Gasteiger partial charge in [0.2, 0.25) is 0 Å². The highest BCUT2D eigenvalue weighted by molar-refractivity contribution is 7.13. The van der Waals surface area contributed by atoms with Crippen LogP contribution in [0.1, 0.15) is 12.1 Å². The molecule has 8 heteroatoms. The summed E-state index contributed by atoms with van der Waals surface area (Å²) in [5.41, 5.74) is 3.11. The SMILES string of the molecule is COc1cccc(-c2nc(Cn3nc(-c4ccc5c(c4)OCCCO5)ccc3=O)cs2)c1. The van der Waals surface area contributed by atoms with Crippen LogP contribution < -0.4 is 19.8 Å². The molecule has 7 nitrogen and oxygen atoms in total. The van der Waals surface area contributed by atoms with E-state index in [1.54, 1.807) is 13.2 Å². The van der Waals surface area contributed by atoms with Crippen LogP contribution in [0.4, 0.5) is 0 Å². The third-order valence-corrected chi connectivity index (χ3v) is 6.03. The van der Waals surface area contributed by atoms with Crippen molar-refractivity contribution in [3.8, 4) is 39.1 Å². The summed E-state index contributed by atoms with van der Waals surface area (Å²) in [7, 11) is 1.64. The van der Waals surface area contributed by atoms with Crippen molar-refractivity contribution >= 4 is 11.3 Å². The van der Waals surface area contributed by atoms with E-state index in [1.165, 1.54) is 22.1 Å². The number of thiazole rings is 1. The predicted octanol–water partition coefficient (Wildman–Crippen LogP) is 4.25. The molecule has 3 heterocycles. The highest BCUT2D eigenvalue weighted by Gasteiger charge is 2.13. The fourth-order valence-electron chi connectivity index (χ4n) is 3.46. The summed E-state index contributed by atoms with van der Waals surface area (Å²) < 4.78 is 18.2. The van der Waals surface area contributed by atoms with Gasteiger partial charge in [-0.1, -0.05) is 12.1 Å². The predicted molar refractivity (Wildman–Crippen MR) is 123 cm³/mol. The Kier molecular flexibility index (Phi) is 5.60. The van der Waals surface area contributed by atoms with Gasteiger partial charge in [-0.05, 0) is 36.4 Å². The first-order valence-corrected chi connectivity index (χ1v) is 11.1. The summed E-state index contributed by atoms with van der Waals surface area (Å²) in [6, 6.07) is 16.7. The average molecular weight is 448 g/mol. The Hall–Kier alpha value is -3.65. The first-order chi connectivity index (χ1) is 15.7. The quantitative estimate of drug-likeness (QED) is 0.455. The number of nitrogens with zero attached hydrogens (tertiary/aromatic N) is 3. The summed E-state index contributed by atoms with van der Waals surface area (Å²) in [5.74, 6) is 2.20. The van der Waals surface area contributed by atoms with Gasteiger partial charge < -0.3 is 14.2 Å². The molecule has 0 spiro atoms. The molecule has 0 atom stereocenters. The monoisotopic (exact) mass is 447 g/mol. The van der Waals surface area contributed by atoms with Gasteiger partial charge in [0.1, 0.15) is 10.8 Å². The van der Waals surface area contributed by atoms with Gasteiger partial charge in [0, 0.05) is 29.0 Å². The molecule has 2 aromatic heterocycles. The van der Waals surface area contributed by atoms with Crippen LogP contribution in [0.2, 0.25) is 0 Å². The van der Waals surface area contributed by atoms with Gasteiger partial charge in [0.05, 0.1) is 38.3 Å². The first kappa shape index (κ1) is 20.3. The van der Waals surface area contributed by atoms with Crippen molar-refractivity contribution in [2.24, 2.45) is 0 Å². The Labute approximate surface area is 188 Å². The number of hydrogen-bond donors (Lipinski definition) is 0. The standard InChI is InChI=1S/C24H21N3O4S/c1-29-19-5-2-4-17(12-19)24-25-18(15-32-24)14-27-23(28)9-7-20(26-27)16-6-8-21-22(13-16)31-11-3-10-30-21/h2,4-9,12-13,15H,3,10-11,14H2,1H3. The number of aromatic nitrogens is 3. The van der Waals surface area contributed by atoms with Crippen molar-refractivity contribution in [1.29, 1.82) is 0 Å². The third-order valence-electron chi connectivity index (χ3n) is 5.09. The molecule has 0 N–H and O–H groups in total. The fraction of sp³-hybridized carbons (Fsp3) is 0.208. The average Bonchev–Trinajstić information content (AvgIpc) is 3.16. The molecule has 1 aliphatic heterocycles. The molecule has 0 amide bonds. The molecule has 5 rings (SSSR count). The number of fused-ring (bicyclic) bond motifs is 1. The van der Waals surface area contributed by atoms with E-state index >= 15 is 0 Å². The number of ether oxygens (including phenoxy) is 3. The maximum atomic E-state index is 12.5. The lowest BCUT2D eigenvalue weighted by molar-refractivity contribution is 0.297. The lowest BCUT2D eigenvalue weighted by Crippen LogP contribution is -2.23. The van der Waals surface area contributed by atoms with E-state index in [2.05, 4.69) is 10.1 Å². The minimum Gasteiger partial charge on any atom is -0.497 e. The van der Waals surface area contributed by atoms with E-state index in [1.807, 2.05) is 47.8 Å². The van der Waals surface area contributed by atoms with Crippen molar-refractivity contribution in [3.63, 3.8) is 0 Å². The zero-order valence-electron chi connectivity index (χ0n) is 17.5. The Balaban J connectivity index is 1.41. The van der Waals surface area contributed by atoms with Gasteiger partial charge in [0.25, 0.3) is 5.56 Å². The first-order valence-electron chi connectivity index (χ1n) is 10.3. The van der Waals surface area contributed by atoms with E-state index in [0.29, 0.717) is 24.7 Å². The molecule has 0 saturated carbocycles. The molecule has 0 saturated heterocycles. The molecule has 0 bridgehead atoms. The lowest BCUT2D eigenvalue weighted by Gasteiger charge is -2.10. The van der Waals surface area contributed by atoms with Gasteiger partial charge in [-0.15, -0.1) is 11.3 Å². The van der Waals surface area contributed by atoms with Gasteiger partial charge >= 0.3 is 0 Å². The second kappa shape index (κ2) is 8.84. The van der Waals surface area contributed by atoms with Crippen molar-refractivity contribution in [2.75, 3.05) is 20.3 Å². The smallest absolute Gasteiger partial charge is 0.267 e. The second-order valence-electron chi connectivity index (χ2n) is 7.30. The summed E-state index contributed by atoms with van der Waals surface area (Å²) in [6.45, 7) is 1.54. The van der Waals surface area contributed by atoms with Crippen LogP contribution in [0, 0.1) is 0 Å². The second-order valence-corrected chi connectivity index (χ2v) is 8.16. The van der Waals surface area contributed by atoms with Gasteiger partial charge in [0.15, 0.2) is 11.5 Å². The van der Waals surface area contributed by atoms with Crippen molar-refractivity contribution in [2.45, 2.75) is 13.0 Å². The fourth-order valence-corrected chi connectivity index (χ4v) is 4.27.